The first-order chi connectivity index (χ1) is 28.2. The van der Waals surface area contributed by atoms with Crippen LogP contribution in [0, 0.1) is 22.7 Å². The van der Waals surface area contributed by atoms with Crippen molar-refractivity contribution in [2.75, 3.05) is 0 Å². The summed E-state index contributed by atoms with van der Waals surface area (Å²) in [6.07, 6.45) is 0. The molecule has 3 aromatic heterocycles. The van der Waals surface area contributed by atoms with Gasteiger partial charge in [-0.2, -0.15) is 10.5 Å². The van der Waals surface area contributed by atoms with E-state index in [1.807, 2.05) is 48.5 Å². The Balaban J connectivity index is 1.21. The van der Waals surface area contributed by atoms with Gasteiger partial charge in [0, 0.05) is 44.2 Å². The van der Waals surface area contributed by atoms with Crippen LogP contribution in [0.1, 0.15) is 11.1 Å². The zero-order valence-electron chi connectivity index (χ0n) is 30.5. The molecule has 0 aliphatic heterocycles. The number of aromatic nitrogens is 4. The summed E-state index contributed by atoms with van der Waals surface area (Å²) in [6.45, 7) is 0. The van der Waals surface area contributed by atoms with Gasteiger partial charge in [0.2, 0.25) is 0 Å². The first-order valence-electron chi connectivity index (χ1n) is 18.8. The molecular formula is C51H30N6. The second-order valence-corrected chi connectivity index (χ2v) is 14.3. The third-order valence-corrected chi connectivity index (χ3v) is 11.1. The zero-order chi connectivity index (χ0) is 38.0. The molecule has 0 aliphatic carbocycles. The minimum absolute atomic E-state index is 0.626. The van der Waals surface area contributed by atoms with Gasteiger partial charge in [-0.1, -0.05) is 91.0 Å². The van der Waals surface area contributed by atoms with Gasteiger partial charge in [-0.05, 0) is 102 Å². The van der Waals surface area contributed by atoms with Crippen LogP contribution in [0.15, 0.2) is 182 Å². The lowest BCUT2D eigenvalue weighted by atomic mass is 10.0. The van der Waals surface area contributed by atoms with Crippen LogP contribution in [0.5, 0.6) is 0 Å². The number of rotatable bonds is 5. The van der Waals surface area contributed by atoms with E-state index in [2.05, 4.69) is 159 Å². The largest absolute Gasteiger partial charge is 0.309 e. The molecule has 6 heteroatoms. The Kier molecular flexibility index (Phi) is 7.19. The van der Waals surface area contributed by atoms with Crippen LogP contribution in [0.4, 0.5) is 0 Å². The lowest BCUT2D eigenvalue weighted by Gasteiger charge is -2.17. The van der Waals surface area contributed by atoms with E-state index >= 15 is 0 Å². The average molecular weight is 727 g/mol. The van der Waals surface area contributed by atoms with Crippen molar-refractivity contribution in [1.29, 1.82) is 10.5 Å². The van der Waals surface area contributed by atoms with E-state index < -0.39 is 0 Å². The van der Waals surface area contributed by atoms with Crippen molar-refractivity contribution >= 4 is 54.6 Å². The van der Waals surface area contributed by atoms with Crippen molar-refractivity contribution in [2.24, 2.45) is 0 Å². The lowest BCUT2D eigenvalue weighted by Crippen LogP contribution is -2.01. The molecule has 11 rings (SSSR count). The van der Waals surface area contributed by atoms with Crippen molar-refractivity contribution in [2.45, 2.75) is 0 Å². The summed E-state index contributed by atoms with van der Waals surface area (Å²) in [7, 11) is 0. The first kappa shape index (κ1) is 32.3. The summed E-state index contributed by atoms with van der Waals surface area (Å²) in [4.78, 5) is 5.11. The Morgan fingerprint density at radius 2 is 0.860 bits per heavy atom. The molecule has 0 amide bonds. The maximum atomic E-state index is 9.85. The van der Waals surface area contributed by atoms with Crippen molar-refractivity contribution < 1.29 is 0 Å². The molecule has 0 atom stereocenters. The van der Waals surface area contributed by atoms with Gasteiger partial charge in [-0.15, -0.1) is 0 Å². The molecular weight excluding hydrogens is 697 g/mol. The molecule has 0 saturated heterocycles. The molecule has 0 radical (unpaired) electrons. The van der Waals surface area contributed by atoms with Gasteiger partial charge in [0.05, 0.1) is 56.4 Å². The van der Waals surface area contributed by atoms with Gasteiger partial charge in [0.1, 0.15) is 5.82 Å². The SMILES string of the molecule is N#Cc1ccc2c(c1)c1ccccc1n2-c1cc(-c2cccc(-n3c(-c4ccccc4)nc4ccccc43)c2)cc(-n2c3ccccc3c3cc(C#N)ccc32)c1. The minimum Gasteiger partial charge on any atom is -0.309 e. The van der Waals surface area contributed by atoms with Crippen molar-refractivity contribution in [3.63, 3.8) is 0 Å². The van der Waals surface area contributed by atoms with Crippen LogP contribution in [0.2, 0.25) is 0 Å². The van der Waals surface area contributed by atoms with Crippen molar-refractivity contribution in [3.8, 4) is 51.7 Å². The van der Waals surface area contributed by atoms with Gasteiger partial charge in [0.15, 0.2) is 0 Å². The molecule has 6 nitrogen and oxygen atoms in total. The summed E-state index contributed by atoms with van der Waals surface area (Å²) in [5.74, 6) is 0.882. The number of nitrogens with zero attached hydrogens (tertiary/aromatic N) is 6. The molecule has 264 valence electrons. The molecule has 11 aromatic rings. The third kappa shape index (κ3) is 5.06. The number of hydrogen-bond acceptors (Lipinski definition) is 3. The minimum atomic E-state index is 0.626. The number of para-hydroxylation sites is 4. The van der Waals surface area contributed by atoms with Crippen molar-refractivity contribution in [3.05, 3.63) is 193 Å². The fraction of sp³-hybridized carbons (Fsp3) is 0. The summed E-state index contributed by atoms with van der Waals surface area (Å²) in [5, 5.41) is 23.9. The molecule has 0 bridgehead atoms. The zero-order valence-corrected chi connectivity index (χ0v) is 30.5. The quantitative estimate of drug-likeness (QED) is 0.177. The molecule has 0 N–H and O–H groups in total. The van der Waals surface area contributed by atoms with E-state index in [-0.39, 0.29) is 0 Å². The Labute approximate surface area is 327 Å². The molecule has 8 aromatic carbocycles. The van der Waals surface area contributed by atoms with Crippen LogP contribution < -0.4 is 0 Å². The number of fused-ring (bicyclic) bond motifs is 7. The molecule has 0 saturated carbocycles. The van der Waals surface area contributed by atoms with Gasteiger partial charge in [0.25, 0.3) is 0 Å². The topological polar surface area (TPSA) is 75.3 Å². The van der Waals surface area contributed by atoms with Gasteiger partial charge in [-0.25, -0.2) is 4.98 Å². The number of imidazole rings is 1. The maximum absolute atomic E-state index is 9.85. The maximum Gasteiger partial charge on any atom is 0.145 e. The molecule has 57 heavy (non-hydrogen) atoms. The van der Waals surface area contributed by atoms with E-state index in [1.54, 1.807) is 0 Å². The normalized spacial score (nSPS) is 11.5. The average Bonchev–Trinajstić information content (AvgIpc) is 3.94. The van der Waals surface area contributed by atoms with Crippen LogP contribution in [0.25, 0.3) is 94.2 Å². The predicted molar refractivity (Wildman–Crippen MR) is 230 cm³/mol. The Bertz CT molecular complexity index is 3350. The highest BCUT2D eigenvalue weighted by Crippen LogP contribution is 2.39. The summed E-state index contributed by atoms with van der Waals surface area (Å²) in [5.41, 5.74) is 13.5. The summed E-state index contributed by atoms with van der Waals surface area (Å²) < 4.78 is 6.86. The lowest BCUT2D eigenvalue weighted by molar-refractivity contribution is 1.10. The molecule has 0 spiro atoms. The number of hydrogen-bond donors (Lipinski definition) is 0. The van der Waals surface area contributed by atoms with E-state index in [1.165, 1.54) is 0 Å². The van der Waals surface area contributed by atoms with E-state index in [0.29, 0.717) is 11.1 Å². The highest BCUT2D eigenvalue weighted by atomic mass is 15.1. The van der Waals surface area contributed by atoms with E-state index in [9.17, 15) is 10.5 Å². The highest BCUT2D eigenvalue weighted by molar-refractivity contribution is 6.11. The van der Waals surface area contributed by atoms with Crippen molar-refractivity contribution in [1.82, 2.24) is 18.7 Å². The van der Waals surface area contributed by atoms with E-state index in [4.69, 9.17) is 4.98 Å². The third-order valence-electron chi connectivity index (χ3n) is 11.1. The fourth-order valence-corrected chi connectivity index (χ4v) is 8.55. The van der Waals surface area contributed by atoms with Gasteiger partial charge in [-0.3, -0.25) is 4.57 Å². The monoisotopic (exact) mass is 726 g/mol. The van der Waals surface area contributed by atoms with Crippen LogP contribution in [0.3, 0.4) is 0 Å². The second kappa shape index (κ2) is 12.7. The van der Waals surface area contributed by atoms with Gasteiger partial charge >= 0.3 is 0 Å². The Morgan fingerprint density at radius 1 is 0.351 bits per heavy atom. The van der Waals surface area contributed by atoms with Crippen LogP contribution in [-0.4, -0.2) is 18.7 Å². The highest BCUT2D eigenvalue weighted by Gasteiger charge is 2.19. The van der Waals surface area contributed by atoms with Crippen LogP contribution >= 0.6 is 0 Å². The number of nitriles is 2. The molecule has 0 fully saturated rings. The molecule has 0 aliphatic rings. The van der Waals surface area contributed by atoms with Gasteiger partial charge < -0.3 is 9.13 Å². The second-order valence-electron chi connectivity index (χ2n) is 14.3. The molecule has 3 heterocycles. The number of benzene rings is 8. The predicted octanol–water partition coefficient (Wildman–Crippen LogP) is 12.3. The standard InChI is InChI=1S/C51H30N6/c52-31-33-21-23-48-43(25-33)41-15-4-7-18-46(41)55(48)39-28-37(29-40(30-39)56-47-19-8-5-16-42(47)44-26-34(32-53)22-24-49(44)56)36-13-10-14-38(27-36)57-50-20-9-6-17-45(50)54-51(57)35-11-2-1-3-12-35/h1-30H. The fourth-order valence-electron chi connectivity index (χ4n) is 8.55. The van der Waals surface area contributed by atoms with E-state index in [0.717, 1.165) is 94.2 Å². The smallest absolute Gasteiger partial charge is 0.145 e. The summed E-state index contributed by atoms with van der Waals surface area (Å²) >= 11 is 0. The Hall–Kier alpha value is -8.19. The molecule has 0 unspecified atom stereocenters. The first-order valence-corrected chi connectivity index (χ1v) is 18.8. The van der Waals surface area contributed by atoms with Crippen LogP contribution in [-0.2, 0) is 0 Å². The Morgan fingerprint density at radius 3 is 1.47 bits per heavy atom. The summed E-state index contributed by atoms with van der Waals surface area (Å²) in [6, 6.07) is 67.4.